The maximum Gasteiger partial charge on any atom is 0.0556 e. The molecule has 1 atom stereocenters. The molecule has 0 aliphatic carbocycles. The van der Waals surface area contributed by atoms with Crippen LogP contribution < -0.4 is 10.2 Å². The Kier molecular flexibility index (Phi) is 4.83. The first-order valence-corrected chi connectivity index (χ1v) is 6.93. The molecule has 1 aromatic carbocycles. The molecule has 3 nitrogen and oxygen atoms in total. The van der Waals surface area contributed by atoms with Crippen molar-refractivity contribution in [1.82, 2.24) is 5.32 Å². The molecule has 0 aromatic heterocycles. The maximum absolute atomic E-state index is 8.83. The van der Waals surface area contributed by atoms with E-state index < -0.39 is 0 Å². The monoisotopic (exact) mass is 298 g/mol. The molecular weight excluding hydrogens is 280 g/mol. The lowest BCUT2D eigenvalue weighted by Gasteiger charge is -2.35. The Morgan fingerprint density at radius 2 is 2.35 bits per heavy atom. The third kappa shape index (κ3) is 3.69. The van der Waals surface area contributed by atoms with Crippen LogP contribution in [0.4, 0.5) is 5.69 Å². The standard InChI is InChI=1S/C13H19BrN2O/c14-11-3-1-5-13(9-11)16-7-2-4-12(10-16)15-6-8-17/h1,3,5,9,12,15,17H,2,4,6-8,10H2. The summed E-state index contributed by atoms with van der Waals surface area (Å²) in [6.45, 7) is 3.05. The zero-order chi connectivity index (χ0) is 12.1. The molecule has 0 bridgehead atoms. The fourth-order valence-corrected chi connectivity index (χ4v) is 2.71. The van der Waals surface area contributed by atoms with Crippen molar-refractivity contribution in [3.8, 4) is 0 Å². The van der Waals surface area contributed by atoms with E-state index in [4.69, 9.17) is 5.11 Å². The Morgan fingerprint density at radius 3 is 3.12 bits per heavy atom. The molecular formula is C13H19BrN2O. The third-order valence-corrected chi connectivity index (χ3v) is 3.63. The second-order valence-corrected chi connectivity index (χ2v) is 5.36. The number of benzene rings is 1. The van der Waals surface area contributed by atoms with Gasteiger partial charge in [-0.2, -0.15) is 0 Å². The lowest BCUT2D eigenvalue weighted by molar-refractivity contribution is 0.278. The lowest BCUT2D eigenvalue weighted by atomic mass is 10.0. The summed E-state index contributed by atoms with van der Waals surface area (Å²) < 4.78 is 1.13. The lowest BCUT2D eigenvalue weighted by Crippen LogP contribution is -2.46. The summed E-state index contributed by atoms with van der Waals surface area (Å²) in [6, 6.07) is 8.93. The van der Waals surface area contributed by atoms with Crippen LogP contribution in [0.3, 0.4) is 0 Å². The van der Waals surface area contributed by atoms with E-state index in [9.17, 15) is 0 Å². The van der Waals surface area contributed by atoms with Crippen LogP contribution in [0.15, 0.2) is 28.7 Å². The van der Waals surface area contributed by atoms with E-state index in [0.29, 0.717) is 12.6 Å². The smallest absolute Gasteiger partial charge is 0.0556 e. The quantitative estimate of drug-likeness (QED) is 0.892. The fraction of sp³-hybridized carbons (Fsp3) is 0.538. The minimum atomic E-state index is 0.216. The van der Waals surface area contributed by atoms with Crippen molar-refractivity contribution in [2.24, 2.45) is 0 Å². The van der Waals surface area contributed by atoms with Gasteiger partial charge in [0.05, 0.1) is 6.61 Å². The van der Waals surface area contributed by atoms with Gasteiger partial charge in [0.2, 0.25) is 0 Å². The van der Waals surface area contributed by atoms with Crippen molar-refractivity contribution in [3.05, 3.63) is 28.7 Å². The van der Waals surface area contributed by atoms with Crippen LogP contribution in [-0.4, -0.2) is 37.4 Å². The molecule has 94 valence electrons. The molecule has 1 fully saturated rings. The molecule has 2 N–H and O–H groups in total. The average molecular weight is 299 g/mol. The zero-order valence-electron chi connectivity index (χ0n) is 9.90. The summed E-state index contributed by atoms with van der Waals surface area (Å²) in [5.41, 5.74) is 1.27. The number of hydrogen-bond acceptors (Lipinski definition) is 3. The van der Waals surface area contributed by atoms with Gasteiger partial charge in [0.15, 0.2) is 0 Å². The number of nitrogens with one attached hydrogen (secondary N) is 1. The van der Waals surface area contributed by atoms with E-state index in [1.54, 1.807) is 0 Å². The van der Waals surface area contributed by atoms with Gasteiger partial charge in [0.1, 0.15) is 0 Å². The molecule has 1 aromatic rings. The van der Waals surface area contributed by atoms with Crippen LogP contribution in [0, 0.1) is 0 Å². The number of aliphatic hydroxyl groups excluding tert-OH is 1. The molecule has 1 unspecified atom stereocenters. The molecule has 1 heterocycles. The maximum atomic E-state index is 8.83. The highest BCUT2D eigenvalue weighted by molar-refractivity contribution is 9.10. The van der Waals surface area contributed by atoms with Gasteiger partial charge in [-0.25, -0.2) is 0 Å². The van der Waals surface area contributed by atoms with Gasteiger partial charge in [0, 0.05) is 35.8 Å². The molecule has 0 saturated carbocycles. The Hall–Kier alpha value is -0.580. The van der Waals surface area contributed by atoms with E-state index in [2.05, 4.69) is 50.4 Å². The predicted octanol–water partition coefficient (Wildman–Crippen LogP) is 2.00. The van der Waals surface area contributed by atoms with E-state index in [1.165, 1.54) is 18.5 Å². The molecule has 2 rings (SSSR count). The minimum absolute atomic E-state index is 0.216. The molecule has 4 heteroatoms. The van der Waals surface area contributed by atoms with Gasteiger partial charge >= 0.3 is 0 Å². The highest BCUT2D eigenvalue weighted by Crippen LogP contribution is 2.23. The topological polar surface area (TPSA) is 35.5 Å². The van der Waals surface area contributed by atoms with E-state index in [1.807, 2.05) is 0 Å². The normalized spacial score (nSPS) is 20.6. The highest BCUT2D eigenvalue weighted by Gasteiger charge is 2.19. The van der Waals surface area contributed by atoms with Gasteiger partial charge < -0.3 is 15.3 Å². The summed E-state index contributed by atoms with van der Waals surface area (Å²) in [7, 11) is 0. The summed E-state index contributed by atoms with van der Waals surface area (Å²) in [5.74, 6) is 0. The second-order valence-electron chi connectivity index (χ2n) is 4.44. The largest absolute Gasteiger partial charge is 0.395 e. The molecule has 1 aliphatic rings. The van der Waals surface area contributed by atoms with Crippen molar-refractivity contribution in [3.63, 3.8) is 0 Å². The first-order chi connectivity index (χ1) is 8.29. The van der Waals surface area contributed by atoms with E-state index >= 15 is 0 Å². The van der Waals surface area contributed by atoms with Crippen LogP contribution in [-0.2, 0) is 0 Å². The first-order valence-electron chi connectivity index (χ1n) is 6.14. The zero-order valence-corrected chi connectivity index (χ0v) is 11.5. The average Bonchev–Trinajstić information content (AvgIpc) is 2.37. The van der Waals surface area contributed by atoms with Gasteiger partial charge in [-0.3, -0.25) is 0 Å². The van der Waals surface area contributed by atoms with Gasteiger partial charge in [0.25, 0.3) is 0 Å². The summed E-state index contributed by atoms with van der Waals surface area (Å²) in [4.78, 5) is 2.41. The molecule has 0 amide bonds. The molecule has 17 heavy (non-hydrogen) atoms. The summed E-state index contributed by atoms with van der Waals surface area (Å²) in [5, 5.41) is 12.2. The van der Waals surface area contributed by atoms with Crippen LogP contribution in [0.5, 0.6) is 0 Å². The van der Waals surface area contributed by atoms with Gasteiger partial charge in [-0.05, 0) is 31.0 Å². The molecule has 0 radical (unpaired) electrons. The van der Waals surface area contributed by atoms with Crippen molar-refractivity contribution in [2.45, 2.75) is 18.9 Å². The van der Waals surface area contributed by atoms with Crippen LogP contribution in [0.1, 0.15) is 12.8 Å². The molecule has 1 aliphatic heterocycles. The van der Waals surface area contributed by atoms with Crippen molar-refractivity contribution < 1.29 is 5.11 Å². The number of nitrogens with zero attached hydrogens (tertiary/aromatic N) is 1. The van der Waals surface area contributed by atoms with Crippen molar-refractivity contribution in [2.75, 3.05) is 31.1 Å². The fourth-order valence-electron chi connectivity index (χ4n) is 2.32. The van der Waals surface area contributed by atoms with Gasteiger partial charge in [-0.1, -0.05) is 22.0 Å². The number of aliphatic hydroxyl groups is 1. The van der Waals surface area contributed by atoms with Crippen LogP contribution in [0.2, 0.25) is 0 Å². The summed E-state index contributed by atoms with van der Waals surface area (Å²) in [6.07, 6.45) is 2.40. The van der Waals surface area contributed by atoms with E-state index in [0.717, 1.165) is 17.6 Å². The third-order valence-electron chi connectivity index (χ3n) is 3.14. The number of anilines is 1. The first kappa shape index (κ1) is 12.9. The Morgan fingerprint density at radius 1 is 1.47 bits per heavy atom. The van der Waals surface area contributed by atoms with E-state index in [-0.39, 0.29) is 6.61 Å². The van der Waals surface area contributed by atoms with Crippen LogP contribution >= 0.6 is 15.9 Å². The SMILES string of the molecule is OCCNC1CCCN(c2cccc(Br)c2)C1. The second kappa shape index (κ2) is 6.38. The molecule has 0 spiro atoms. The predicted molar refractivity (Wildman–Crippen MR) is 74.5 cm³/mol. The number of piperidine rings is 1. The Bertz CT molecular complexity index is 359. The van der Waals surface area contributed by atoms with Crippen molar-refractivity contribution in [1.29, 1.82) is 0 Å². The van der Waals surface area contributed by atoms with Gasteiger partial charge in [-0.15, -0.1) is 0 Å². The Labute approximate surface area is 111 Å². The minimum Gasteiger partial charge on any atom is -0.395 e. The number of rotatable bonds is 4. The Balaban J connectivity index is 1.97. The molecule has 1 saturated heterocycles. The summed E-state index contributed by atoms with van der Waals surface area (Å²) >= 11 is 3.51. The van der Waals surface area contributed by atoms with Crippen LogP contribution in [0.25, 0.3) is 0 Å². The van der Waals surface area contributed by atoms with Crippen molar-refractivity contribution >= 4 is 21.6 Å². The number of hydrogen-bond donors (Lipinski definition) is 2. The number of halogens is 1. The highest BCUT2D eigenvalue weighted by atomic mass is 79.9.